The molecule has 0 aliphatic heterocycles. The van der Waals surface area contributed by atoms with Crippen LogP contribution in [0.5, 0.6) is 5.75 Å². The molecular formula is C20H23FN2O3. The molecule has 2 amide bonds. The molecule has 26 heavy (non-hydrogen) atoms. The second-order valence-corrected chi connectivity index (χ2v) is 5.80. The van der Waals surface area contributed by atoms with Gasteiger partial charge in [-0.25, -0.2) is 4.39 Å². The van der Waals surface area contributed by atoms with Crippen LogP contribution < -0.4 is 15.4 Å². The highest BCUT2D eigenvalue weighted by Gasteiger charge is 2.16. The molecule has 2 rings (SSSR count). The summed E-state index contributed by atoms with van der Waals surface area (Å²) in [5, 5.41) is 5.38. The molecule has 2 aromatic rings. The number of hydrogen-bond acceptors (Lipinski definition) is 3. The third-order valence-corrected chi connectivity index (χ3v) is 3.96. The van der Waals surface area contributed by atoms with Gasteiger partial charge in [0.1, 0.15) is 11.6 Å². The topological polar surface area (TPSA) is 67.4 Å². The van der Waals surface area contributed by atoms with Gasteiger partial charge in [0.05, 0.1) is 11.3 Å². The van der Waals surface area contributed by atoms with Gasteiger partial charge in [0.15, 0.2) is 6.61 Å². The predicted molar refractivity (Wildman–Crippen MR) is 98.8 cm³/mol. The molecule has 138 valence electrons. The highest BCUT2D eigenvalue weighted by atomic mass is 19.1. The lowest BCUT2D eigenvalue weighted by atomic mass is 10.1. The van der Waals surface area contributed by atoms with Crippen molar-refractivity contribution in [2.45, 2.75) is 32.7 Å². The van der Waals surface area contributed by atoms with Crippen molar-refractivity contribution in [3.8, 4) is 5.75 Å². The molecule has 0 spiro atoms. The quantitative estimate of drug-likeness (QED) is 0.755. The monoisotopic (exact) mass is 358 g/mol. The second kappa shape index (κ2) is 9.56. The van der Waals surface area contributed by atoms with E-state index in [0.29, 0.717) is 11.3 Å². The number of carbonyl (C=O) groups excluding carboxylic acids is 2. The normalized spacial score (nSPS) is 10.5. The van der Waals surface area contributed by atoms with E-state index in [2.05, 4.69) is 10.6 Å². The fraction of sp³-hybridized carbons (Fsp3) is 0.300. The first-order chi connectivity index (χ1) is 12.5. The van der Waals surface area contributed by atoms with E-state index in [4.69, 9.17) is 4.74 Å². The lowest BCUT2D eigenvalue weighted by molar-refractivity contribution is -0.118. The van der Waals surface area contributed by atoms with E-state index in [-0.39, 0.29) is 24.2 Å². The Morgan fingerprint density at radius 2 is 1.69 bits per heavy atom. The first kappa shape index (κ1) is 19.4. The molecule has 0 fully saturated rings. The highest BCUT2D eigenvalue weighted by Crippen LogP contribution is 2.19. The smallest absolute Gasteiger partial charge is 0.262 e. The number of nitrogens with one attached hydrogen (secondary N) is 2. The van der Waals surface area contributed by atoms with Crippen LogP contribution in [0.2, 0.25) is 0 Å². The Bertz CT molecular complexity index is 760. The Balaban J connectivity index is 2.00. The molecule has 0 radical (unpaired) electrons. The Kier molecular flexibility index (Phi) is 7.14. The van der Waals surface area contributed by atoms with Crippen LogP contribution in [0.15, 0.2) is 48.5 Å². The van der Waals surface area contributed by atoms with Gasteiger partial charge in [-0.15, -0.1) is 0 Å². The molecule has 0 saturated heterocycles. The van der Waals surface area contributed by atoms with Gasteiger partial charge in [-0.1, -0.05) is 38.1 Å². The van der Waals surface area contributed by atoms with Crippen LogP contribution in [0.1, 0.15) is 37.0 Å². The molecule has 0 bridgehead atoms. The van der Waals surface area contributed by atoms with Gasteiger partial charge in [0, 0.05) is 6.04 Å². The van der Waals surface area contributed by atoms with E-state index in [1.807, 2.05) is 13.8 Å². The minimum Gasteiger partial charge on any atom is -0.483 e. The average molecular weight is 358 g/mol. The van der Waals surface area contributed by atoms with Gasteiger partial charge in [-0.2, -0.15) is 0 Å². The number of hydrogen-bond donors (Lipinski definition) is 2. The molecule has 2 aromatic carbocycles. The van der Waals surface area contributed by atoms with Crippen molar-refractivity contribution in [2.24, 2.45) is 0 Å². The van der Waals surface area contributed by atoms with Crippen LogP contribution in [0.3, 0.4) is 0 Å². The van der Waals surface area contributed by atoms with Crippen LogP contribution in [0.4, 0.5) is 10.1 Å². The van der Waals surface area contributed by atoms with Gasteiger partial charge in [0.2, 0.25) is 0 Å². The standard InChI is InChI=1S/C20H23FN2O3/c1-3-14(4-2)22-20(25)15-9-5-8-12-18(15)26-13-19(24)23-17-11-7-6-10-16(17)21/h5-12,14H,3-4,13H2,1-2H3,(H,22,25)(H,23,24). The van der Waals surface area contributed by atoms with E-state index >= 15 is 0 Å². The molecule has 5 nitrogen and oxygen atoms in total. The summed E-state index contributed by atoms with van der Waals surface area (Å²) < 4.78 is 19.0. The van der Waals surface area contributed by atoms with E-state index in [9.17, 15) is 14.0 Å². The lowest BCUT2D eigenvalue weighted by Gasteiger charge is -2.16. The SMILES string of the molecule is CCC(CC)NC(=O)c1ccccc1OCC(=O)Nc1ccccc1F. The molecule has 0 atom stereocenters. The predicted octanol–water partition coefficient (Wildman–Crippen LogP) is 3.76. The van der Waals surface area contributed by atoms with Crippen LogP contribution in [-0.2, 0) is 4.79 Å². The summed E-state index contributed by atoms with van der Waals surface area (Å²) in [5.41, 5.74) is 0.443. The first-order valence-electron chi connectivity index (χ1n) is 8.62. The lowest BCUT2D eigenvalue weighted by Crippen LogP contribution is -2.34. The van der Waals surface area contributed by atoms with E-state index in [0.717, 1.165) is 12.8 Å². The van der Waals surface area contributed by atoms with Crippen molar-refractivity contribution in [2.75, 3.05) is 11.9 Å². The molecule has 0 aromatic heterocycles. The summed E-state index contributed by atoms with van der Waals surface area (Å²) in [5.74, 6) is -0.973. The Hall–Kier alpha value is -2.89. The molecule has 6 heteroatoms. The summed E-state index contributed by atoms with van der Waals surface area (Å²) in [7, 11) is 0. The fourth-order valence-corrected chi connectivity index (χ4v) is 2.43. The molecule has 2 N–H and O–H groups in total. The molecular weight excluding hydrogens is 335 g/mol. The maximum atomic E-state index is 13.6. The van der Waals surface area contributed by atoms with Crippen molar-refractivity contribution >= 4 is 17.5 Å². The van der Waals surface area contributed by atoms with Crippen molar-refractivity contribution in [1.29, 1.82) is 0 Å². The number of benzene rings is 2. The van der Waals surface area contributed by atoms with Crippen molar-refractivity contribution in [1.82, 2.24) is 5.32 Å². The third-order valence-electron chi connectivity index (χ3n) is 3.96. The minimum atomic E-state index is -0.522. The number of anilines is 1. The summed E-state index contributed by atoms with van der Waals surface area (Å²) in [6.45, 7) is 3.68. The highest BCUT2D eigenvalue weighted by molar-refractivity contribution is 5.97. The molecule has 0 saturated carbocycles. The number of rotatable bonds is 8. The molecule has 0 unspecified atom stereocenters. The molecule has 0 heterocycles. The Morgan fingerprint density at radius 3 is 2.38 bits per heavy atom. The maximum Gasteiger partial charge on any atom is 0.262 e. The number of ether oxygens (including phenoxy) is 1. The number of amides is 2. The summed E-state index contributed by atoms with van der Waals surface area (Å²) >= 11 is 0. The van der Waals surface area contributed by atoms with Gasteiger partial charge >= 0.3 is 0 Å². The summed E-state index contributed by atoms with van der Waals surface area (Å²) in [6.07, 6.45) is 1.66. The minimum absolute atomic E-state index is 0.0833. The number of para-hydroxylation sites is 2. The molecule has 0 aliphatic rings. The zero-order valence-corrected chi connectivity index (χ0v) is 14.9. The Labute approximate surface area is 152 Å². The van der Waals surface area contributed by atoms with E-state index < -0.39 is 11.7 Å². The van der Waals surface area contributed by atoms with Crippen LogP contribution >= 0.6 is 0 Å². The number of halogens is 1. The van der Waals surface area contributed by atoms with Gasteiger partial charge in [-0.05, 0) is 37.1 Å². The van der Waals surface area contributed by atoms with Gasteiger partial charge in [0.25, 0.3) is 11.8 Å². The zero-order chi connectivity index (χ0) is 18.9. The second-order valence-electron chi connectivity index (χ2n) is 5.80. The summed E-state index contributed by atoms with van der Waals surface area (Å²) in [4.78, 5) is 24.4. The zero-order valence-electron chi connectivity index (χ0n) is 14.9. The Morgan fingerprint density at radius 1 is 1.04 bits per heavy atom. The molecule has 0 aliphatic carbocycles. The van der Waals surface area contributed by atoms with Gasteiger partial charge < -0.3 is 15.4 Å². The van der Waals surface area contributed by atoms with Gasteiger partial charge in [-0.3, -0.25) is 9.59 Å². The van der Waals surface area contributed by atoms with Crippen LogP contribution in [0.25, 0.3) is 0 Å². The third kappa shape index (κ3) is 5.31. The average Bonchev–Trinajstić information content (AvgIpc) is 2.66. The summed E-state index contributed by atoms with van der Waals surface area (Å²) in [6, 6.07) is 12.7. The maximum absolute atomic E-state index is 13.6. The van der Waals surface area contributed by atoms with E-state index in [1.54, 1.807) is 30.3 Å². The van der Waals surface area contributed by atoms with Crippen molar-refractivity contribution < 1.29 is 18.7 Å². The van der Waals surface area contributed by atoms with Crippen LogP contribution in [-0.4, -0.2) is 24.5 Å². The van der Waals surface area contributed by atoms with Crippen molar-refractivity contribution in [3.63, 3.8) is 0 Å². The first-order valence-corrected chi connectivity index (χ1v) is 8.62. The number of carbonyl (C=O) groups is 2. The largest absolute Gasteiger partial charge is 0.483 e. The van der Waals surface area contributed by atoms with E-state index in [1.165, 1.54) is 18.2 Å². The van der Waals surface area contributed by atoms with Crippen molar-refractivity contribution in [3.05, 3.63) is 59.9 Å². The fourth-order valence-electron chi connectivity index (χ4n) is 2.43. The van der Waals surface area contributed by atoms with Crippen LogP contribution in [0, 0.1) is 5.82 Å².